The number of benzene rings is 1. The van der Waals surface area contributed by atoms with E-state index in [2.05, 4.69) is 31.0 Å². The molecule has 2 amide bonds. The molecule has 10 heteroatoms. The molecular weight excluding hydrogens is 418 g/mol. The number of carbonyl (C=O) groups is 2. The molecule has 1 saturated carbocycles. The first-order chi connectivity index (χ1) is 15.0. The molecule has 3 aromatic rings. The summed E-state index contributed by atoms with van der Waals surface area (Å²) in [7, 11) is 0. The van der Waals surface area contributed by atoms with Crippen LogP contribution in [0.25, 0.3) is 11.7 Å². The molecule has 1 aliphatic carbocycles. The fourth-order valence-electron chi connectivity index (χ4n) is 3.43. The van der Waals surface area contributed by atoms with Gasteiger partial charge in [0.2, 0.25) is 17.8 Å². The summed E-state index contributed by atoms with van der Waals surface area (Å²) in [4.78, 5) is 32.8. The standard InChI is InChI=1S/C21H20ClN7O2/c1-11(12-3-2-4-15(22)8-12)24-20-27-18-14(7-13-9-17(30)26-19(13)31)10-23-29(18)21(28-20)25-16-5-6-16/h2-4,7-8,10-11,16H,5-6,9H2,1H3,(H,26,30,31)(H2,24,25,27,28)/b13-7+/t11-/m0/s1. The molecule has 1 aromatic carbocycles. The van der Waals surface area contributed by atoms with Crippen molar-refractivity contribution in [1.82, 2.24) is 24.9 Å². The molecule has 1 aliphatic heterocycles. The van der Waals surface area contributed by atoms with Gasteiger partial charge in [0.15, 0.2) is 5.65 Å². The minimum Gasteiger partial charge on any atom is -0.351 e. The minimum absolute atomic E-state index is 0.0470. The number of aromatic nitrogens is 4. The highest BCUT2D eigenvalue weighted by atomic mass is 35.5. The zero-order chi connectivity index (χ0) is 21.5. The number of hydrogen-bond donors (Lipinski definition) is 3. The molecule has 0 spiro atoms. The third-order valence-corrected chi connectivity index (χ3v) is 5.46. The van der Waals surface area contributed by atoms with Crippen molar-refractivity contribution in [2.45, 2.75) is 38.3 Å². The van der Waals surface area contributed by atoms with Crippen molar-refractivity contribution in [1.29, 1.82) is 0 Å². The summed E-state index contributed by atoms with van der Waals surface area (Å²) >= 11 is 6.12. The smallest absolute Gasteiger partial charge is 0.254 e. The van der Waals surface area contributed by atoms with Crippen LogP contribution in [0.2, 0.25) is 5.02 Å². The Balaban J connectivity index is 1.53. The number of carbonyl (C=O) groups excluding carboxylic acids is 2. The third-order valence-electron chi connectivity index (χ3n) is 5.23. The molecule has 3 N–H and O–H groups in total. The Hall–Kier alpha value is -3.46. The van der Waals surface area contributed by atoms with Crippen molar-refractivity contribution >= 4 is 47.0 Å². The predicted octanol–water partition coefficient (Wildman–Crippen LogP) is 2.96. The highest BCUT2D eigenvalue weighted by Gasteiger charge is 2.26. The first-order valence-electron chi connectivity index (χ1n) is 10.1. The van der Waals surface area contributed by atoms with Gasteiger partial charge in [0.05, 0.1) is 18.7 Å². The minimum atomic E-state index is -0.386. The second-order valence-corrected chi connectivity index (χ2v) is 8.21. The van der Waals surface area contributed by atoms with Gasteiger partial charge in [-0.25, -0.2) is 0 Å². The maximum absolute atomic E-state index is 12.0. The van der Waals surface area contributed by atoms with E-state index in [4.69, 9.17) is 11.6 Å². The Morgan fingerprint density at radius 1 is 1.29 bits per heavy atom. The molecule has 1 saturated heterocycles. The van der Waals surface area contributed by atoms with Crippen LogP contribution >= 0.6 is 11.6 Å². The zero-order valence-corrected chi connectivity index (χ0v) is 17.5. The van der Waals surface area contributed by atoms with Gasteiger partial charge in [-0.2, -0.15) is 19.6 Å². The number of rotatable bonds is 6. The highest BCUT2D eigenvalue weighted by molar-refractivity contribution is 6.30. The molecule has 2 aliphatic rings. The Labute approximate surface area is 182 Å². The van der Waals surface area contributed by atoms with Crippen LogP contribution in [0.1, 0.15) is 43.4 Å². The van der Waals surface area contributed by atoms with Gasteiger partial charge >= 0.3 is 0 Å². The number of nitrogens with zero attached hydrogens (tertiary/aromatic N) is 4. The number of fused-ring (bicyclic) bond motifs is 1. The Bertz CT molecular complexity index is 1230. The number of imide groups is 1. The zero-order valence-electron chi connectivity index (χ0n) is 16.7. The van der Waals surface area contributed by atoms with Crippen molar-refractivity contribution < 1.29 is 9.59 Å². The SMILES string of the molecule is C[C@H](Nc1nc(NC2CC2)n2ncc(/C=C3\CC(=O)NC3=O)c2n1)c1cccc(Cl)c1. The summed E-state index contributed by atoms with van der Waals surface area (Å²) < 4.78 is 1.62. The summed E-state index contributed by atoms with van der Waals surface area (Å²) in [6.45, 7) is 2.00. The van der Waals surface area contributed by atoms with Crippen LogP contribution in [0, 0.1) is 0 Å². The van der Waals surface area contributed by atoms with Gasteiger partial charge in [-0.1, -0.05) is 23.7 Å². The molecule has 3 heterocycles. The van der Waals surface area contributed by atoms with E-state index in [1.54, 1.807) is 16.8 Å². The Morgan fingerprint density at radius 2 is 2.13 bits per heavy atom. The maximum atomic E-state index is 12.0. The fourth-order valence-corrected chi connectivity index (χ4v) is 3.62. The first-order valence-corrected chi connectivity index (χ1v) is 10.4. The Morgan fingerprint density at radius 3 is 2.84 bits per heavy atom. The van der Waals surface area contributed by atoms with Gasteiger partial charge < -0.3 is 10.6 Å². The molecular formula is C21H20ClN7O2. The topological polar surface area (TPSA) is 113 Å². The second kappa shape index (κ2) is 7.66. The Kier molecular flexibility index (Phi) is 4.82. The quantitative estimate of drug-likeness (QED) is 0.401. The summed E-state index contributed by atoms with van der Waals surface area (Å²) in [5, 5.41) is 14.1. The van der Waals surface area contributed by atoms with Gasteiger partial charge in [-0.15, -0.1) is 0 Å². The lowest BCUT2D eigenvalue weighted by molar-refractivity contribution is -0.124. The van der Waals surface area contributed by atoms with Crippen molar-refractivity contribution in [3.8, 4) is 0 Å². The van der Waals surface area contributed by atoms with Gasteiger partial charge in [-0.05, 0) is 43.5 Å². The van der Waals surface area contributed by atoms with Gasteiger partial charge in [0.25, 0.3) is 5.91 Å². The normalized spacial score (nSPS) is 18.5. The lowest BCUT2D eigenvalue weighted by atomic mass is 10.1. The molecule has 158 valence electrons. The summed E-state index contributed by atoms with van der Waals surface area (Å²) in [5.41, 5.74) is 2.57. The van der Waals surface area contributed by atoms with Crippen molar-refractivity contribution in [2.24, 2.45) is 0 Å². The summed E-state index contributed by atoms with van der Waals surface area (Å²) in [6, 6.07) is 7.88. The number of amides is 2. The van der Waals surface area contributed by atoms with E-state index in [-0.39, 0.29) is 24.3 Å². The van der Waals surface area contributed by atoms with Gasteiger partial charge in [0.1, 0.15) is 0 Å². The summed E-state index contributed by atoms with van der Waals surface area (Å²) in [5.74, 6) is 0.305. The predicted molar refractivity (Wildman–Crippen MR) is 117 cm³/mol. The van der Waals surface area contributed by atoms with E-state index in [1.165, 1.54) is 0 Å². The van der Waals surface area contributed by atoms with E-state index in [0.29, 0.717) is 39.7 Å². The molecule has 0 unspecified atom stereocenters. The van der Waals surface area contributed by atoms with Crippen LogP contribution < -0.4 is 16.0 Å². The molecule has 2 fully saturated rings. The van der Waals surface area contributed by atoms with E-state index < -0.39 is 0 Å². The second-order valence-electron chi connectivity index (χ2n) is 7.77. The van der Waals surface area contributed by atoms with E-state index >= 15 is 0 Å². The monoisotopic (exact) mass is 437 g/mol. The fraction of sp³-hybridized carbons (Fsp3) is 0.286. The van der Waals surface area contributed by atoms with Crippen LogP contribution in [0.15, 0.2) is 36.0 Å². The third kappa shape index (κ3) is 4.09. The van der Waals surface area contributed by atoms with Crippen molar-refractivity contribution in [3.63, 3.8) is 0 Å². The van der Waals surface area contributed by atoms with Gasteiger partial charge in [0, 0.05) is 22.2 Å². The number of nitrogens with one attached hydrogen (secondary N) is 3. The van der Waals surface area contributed by atoms with Crippen molar-refractivity contribution in [2.75, 3.05) is 10.6 Å². The molecule has 5 rings (SSSR count). The average Bonchev–Trinajstić information content (AvgIpc) is 3.37. The van der Waals surface area contributed by atoms with Crippen LogP contribution in [-0.2, 0) is 9.59 Å². The van der Waals surface area contributed by atoms with Gasteiger partial charge in [-0.3, -0.25) is 14.9 Å². The van der Waals surface area contributed by atoms with Crippen LogP contribution in [0.5, 0.6) is 0 Å². The number of hydrogen-bond acceptors (Lipinski definition) is 7. The lowest BCUT2D eigenvalue weighted by Crippen LogP contribution is -2.19. The lowest BCUT2D eigenvalue weighted by Gasteiger charge is -2.16. The van der Waals surface area contributed by atoms with Crippen LogP contribution in [-0.4, -0.2) is 37.4 Å². The highest BCUT2D eigenvalue weighted by Crippen LogP contribution is 2.27. The molecule has 9 nitrogen and oxygen atoms in total. The van der Waals surface area contributed by atoms with E-state index in [1.807, 2.05) is 31.2 Å². The number of anilines is 2. The molecule has 0 bridgehead atoms. The largest absolute Gasteiger partial charge is 0.351 e. The maximum Gasteiger partial charge on any atom is 0.254 e. The number of halogens is 1. The molecule has 2 aromatic heterocycles. The summed E-state index contributed by atoms with van der Waals surface area (Å²) in [6.07, 6.45) is 5.47. The van der Waals surface area contributed by atoms with Crippen LogP contribution in [0.3, 0.4) is 0 Å². The average molecular weight is 438 g/mol. The van der Waals surface area contributed by atoms with E-state index in [9.17, 15) is 9.59 Å². The van der Waals surface area contributed by atoms with Crippen molar-refractivity contribution in [3.05, 3.63) is 52.2 Å². The molecule has 31 heavy (non-hydrogen) atoms. The van der Waals surface area contributed by atoms with E-state index in [0.717, 1.165) is 18.4 Å². The van der Waals surface area contributed by atoms with Crippen LogP contribution in [0.4, 0.5) is 11.9 Å². The molecule has 0 radical (unpaired) electrons. The molecule has 1 atom stereocenters. The first kappa shape index (κ1) is 19.5.